The number of carbonyl (C=O) groups excluding carboxylic acids is 2. The number of hydrogen-bond donors (Lipinski definition) is 1. The van der Waals surface area contributed by atoms with Gasteiger partial charge in [-0.1, -0.05) is 19.9 Å². The third-order valence-electron chi connectivity index (χ3n) is 3.24. The largest absolute Gasteiger partial charge is 0.448 e. The van der Waals surface area contributed by atoms with Gasteiger partial charge in [-0.3, -0.25) is 4.79 Å². The number of nitrogens with one attached hydrogen (secondary N) is 1. The topological polar surface area (TPSA) is 55.4 Å². The molecule has 1 aromatic rings. The summed E-state index contributed by atoms with van der Waals surface area (Å²) in [5.74, 6) is -1.79. The molecule has 1 aliphatic rings. The van der Waals surface area contributed by atoms with Crippen LogP contribution in [0.2, 0.25) is 0 Å². The molecule has 1 fully saturated rings. The first-order chi connectivity index (χ1) is 8.81. The summed E-state index contributed by atoms with van der Waals surface area (Å²) in [7, 11) is 0. The van der Waals surface area contributed by atoms with Gasteiger partial charge in [0.25, 0.3) is 5.91 Å². The van der Waals surface area contributed by atoms with E-state index in [0.717, 1.165) is 0 Å². The summed E-state index contributed by atoms with van der Waals surface area (Å²) in [5, 5.41) is 2.63. The molecule has 0 bridgehead atoms. The van der Waals surface area contributed by atoms with Crippen molar-refractivity contribution in [1.29, 1.82) is 0 Å². The van der Waals surface area contributed by atoms with Crippen molar-refractivity contribution in [3.05, 3.63) is 35.1 Å². The standard InChI is InChI=1S/C14H16FNO3/c1-8-4-5-9(10(15)6-8)13(18)19-11-12(17)16-7-14(11,2)3/h4-6,11H,7H2,1-3H3,(H,16,17). The predicted molar refractivity (Wildman–Crippen MR) is 67.1 cm³/mol. The molecule has 0 aliphatic carbocycles. The molecule has 0 saturated carbocycles. The third-order valence-corrected chi connectivity index (χ3v) is 3.24. The monoisotopic (exact) mass is 265 g/mol. The first kappa shape index (κ1) is 13.5. The Morgan fingerprint density at radius 1 is 1.47 bits per heavy atom. The van der Waals surface area contributed by atoms with Crippen molar-refractivity contribution < 1.29 is 18.7 Å². The van der Waals surface area contributed by atoms with Gasteiger partial charge in [-0.25, -0.2) is 9.18 Å². The number of aryl methyl sites for hydroxylation is 1. The minimum Gasteiger partial charge on any atom is -0.448 e. The van der Waals surface area contributed by atoms with Crippen molar-refractivity contribution in [2.75, 3.05) is 6.54 Å². The van der Waals surface area contributed by atoms with Crippen molar-refractivity contribution in [2.45, 2.75) is 26.9 Å². The number of carbonyl (C=O) groups is 2. The smallest absolute Gasteiger partial charge is 0.341 e. The Balaban J connectivity index is 2.19. The minimum atomic E-state index is -0.888. The zero-order chi connectivity index (χ0) is 14.2. The van der Waals surface area contributed by atoms with Crippen molar-refractivity contribution >= 4 is 11.9 Å². The molecule has 1 saturated heterocycles. The highest BCUT2D eigenvalue weighted by Crippen LogP contribution is 2.28. The van der Waals surface area contributed by atoms with Crippen LogP contribution >= 0.6 is 0 Å². The molecule has 1 aliphatic heterocycles. The lowest BCUT2D eigenvalue weighted by Crippen LogP contribution is -2.35. The molecule has 102 valence electrons. The van der Waals surface area contributed by atoms with Gasteiger partial charge in [-0.15, -0.1) is 0 Å². The van der Waals surface area contributed by atoms with Crippen LogP contribution in [-0.2, 0) is 9.53 Å². The van der Waals surface area contributed by atoms with E-state index in [0.29, 0.717) is 12.1 Å². The molecule has 1 heterocycles. The molecular weight excluding hydrogens is 249 g/mol. The molecule has 0 radical (unpaired) electrons. The average molecular weight is 265 g/mol. The lowest BCUT2D eigenvalue weighted by atomic mass is 9.89. The molecule has 2 rings (SSSR count). The van der Waals surface area contributed by atoms with Gasteiger partial charge < -0.3 is 10.1 Å². The van der Waals surface area contributed by atoms with Crippen LogP contribution in [0.15, 0.2) is 18.2 Å². The Hall–Kier alpha value is -1.91. The van der Waals surface area contributed by atoms with E-state index in [1.54, 1.807) is 13.0 Å². The molecule has 5 heteroatoms. The van der Waals surface area contributed by atoms with Crippen LogP contribution in [0.25, 0.3) is 0 Å². The fraction of sp³-hybridized carbons (Fsp3) is 0.429. The van der Waals surface area contributed by atoms with Crippen molar-refractivity contribution in [3.8, 4) is 0 Å². The summed E-state index contributed by atoms with van der Waals surface area (Å²) in [6.07, 6.45) is -0.888. The Bertz CT molecular complexity index is 539. The number of esters is 1. The molecule has 1 unspecified atom stereocenters. The lowest BCUT2D eigenvalue weighted by Gasteiger charge is -2.23. The first-order valence-electron chi connectivity index (χ1n) is 6.06. The zero-order valence-electron chi connectivity index (χ0n) is 11.1. The van der Waals surface area contributed by atoms with E-state index in [1.165, 1.54) is 12.1 Å². The maximum Gasteiger partial charge on any atom is 0.341 e. The van der Waals surface area contributed by atoms with Crippen molar-refractivity contribution in [1.82, 2.24) is 5.32 Å². The van der Waals surface area contributed by atoms with Crippen LogP contribution in [0.4, 0.5) is 4.39 Å². The second-order valence-electron chi connectivity index (χ2n) is 5.48. The number of ether oxygens (including phenoxy) is 1. The SMILES string of the molecule is Cc1ccc(C(=O)OC2C(=O)NCC2(C)C)c(F)c1. The maximum absolute atomic E-state index is 13.7. The fourth-order valence-electron chi connectivity index (χ4n) is 2.02. The summed E-state index contributed by atoms with van der Waals surface area (Å²) < 4.78 is 18.8. The van der Waals surface area contributed by atoms with Gasteiger partial charge in [-0.2, -0.15) is 0 Å². The van der Waals surface area contributed by atoms with Gasteiger partial charge in [0.1, 0.15) is 5.82 Å². The van der Waals surface area contributed by atoms with E-state index in [4.69, 9.17) is 4.74 Å². The highest BCUT2D eigenvalue weighted by atomic mass is 19.1. The number of halogens is 1. The van der Waals surface area contributed by atoms with Gasteiger partial charge in [0.2, 0.25) is 0 Å². The fourth-order valence-corrected chi connectivity index (χ4v) is 2.02. The molecule has 1 N–H and O–H groups in total. The summed E-state index contributed by atoms with van der Waals surface area (Å²) in [6.45, 7) is 5.79. The molecule has 1 aromatic carbocycles. The van der Waals surface area contributed by atoms with Gasteiger partial charge in [-0.05, 0) is 24.6 Å². The number of benzene rings is 1. The summed E-state index contributed by atoms with van der Waals surface area (Å²) in [6, 6.07) is 4.25. The Morgan fingerprint density at radius 3 is 2.68 bits per heavy atom. The first-order valence-corrected chi connectivity index (χ1v) is 6.06. The van der Waals surface area contributed by atoms with Gasteiger partial charge in [0, 0.05) is 12.0 Å². The summed E-state index contributed by atoms with van der Waals surface area (Å²) in [5.41, 5.74) is 0.0718. The molecule has 19 heavy (non-hydrogen) atoms. The summed E-state index contributed by atoms with van der Waals surface area (Å²) >= 11 is 0. The molecule has 4 nitrogen and oxygen atoms in total. The highest BCUT2D eigenvalue weighted by molar-refractivity contribution is 5.93. The number of amides is 1. The zero-order valence-corrected chi connectivity index (χ0v) is 11.1. The van der Waals surface area contributed by atoms with Crippen molar-refractivity contribution in [3.63, 3.8) is 0 Å². The minimum absolute atomic E-state index is 0.152. The maximum atomic E-state index is 13.7. The highest BCUT2D eigenvalue weighted by Gasteiger charge is 2.44. The van der Waals surface area contributed by atoms with Gasteiger partial charge >= 0.3 is 5.97 Å². The predicted octanol–water partition coefficient (Wildman–Crippen LogP) is 1.82. The van der Waals surface area contributed by atoms with E-state index < -0.39 is 23.3 Å². The van der Waals surface area contributed by atoms with E-state index in [-0.39, 0.29) is 11.5 Å². The Kier molecular flexibility index (Phi) is 3.30. The molecule has 1 amide bonds. The molecular formula is C14H16FNO3. The van der Waals surface area contributed by atoms with Gasteiger partial charge in [0.05, 0.1) is 5.56 Å². The molecule has 1 atom stereocenters. The Morgan fingerprint density at radius 2 is 2.16 bits per heavy atom. The van der Waals surface area contributed by atoms with Crippen LogP contribution in [0.5, 0.6) is 0 Å². The Labute approximate surface area is 110 Å². The van der Waals surface area contributed by atoms with Crippen LogP contribution < -0.4 is 5.32 Å². The van der Waals surface area contributed by atoms with Crippen LogP contribution in [0, 0.1) is 18.2 Å². The van der Waals surface area contributed by atoms with E-state index in [1.807, 2.05) is 13.8 Å². The van der Waals surface area contributed by atoms with Gasteiger partial charge in [0.15, 0.2) is 6.10 Å². The van der Waals surface area contributed by atoms with E-state index in [9.17, 15) is 14.0 Å². The number of rotatable bonds is 2. The van der Waals surface area contributed by atoms with Crippen molar-refractivity contribution in [2.24, 2.45) is 5.41 Å². The van der Waals surface area contributed by atoms with E-state index in [2.05, 4.69) is 5.32 Å². The number of hydrogen-bond acceptors (Lipinski definition) is 3. The van der Waals surface area contributed by atoms with Crippen LogP contribution in [0.1, 0.15) is 29.8 Å². The van der Waals surface area contributed by atoms with Crippen LogP contribution in [0.3, 0.4) is 0 Å². The summed E-state index contributed by atoms with van der Waals surface area (Å²) in [4.78, 5) is 23.5. The lowest BCUT2D eigenvalue weighted by molar-refractivity contribution is -0.129. The average Bonchev–Trinajstić information content (AvgIpc) is 2.56. The molecule has 0 spiro atoms. The van der Waals surface area contributed by atoms with E-state index >= 15 is 0 Å². The normalized spacial score (nSPS) is 21.1. The van der Waals surface area contributed by atoms with Crippen LogP contribution in [-0.4, -0.2) is 24.5 Å². The molecule has 0 aromatic heterocycles. The third kappa shape index (κ3) is 2.59. The second-order valence-corrected chi connectivity index (χ2v) is 5.48. The quantitative estimate of drug-likeness (QED) is 0.830. The second kappa shape index (κ2) is 4.64.